The first-order valence-electron chi connectivity index (χ1n) is 4.81. The Morgan fingerprint density at radius 1 is 1.43 bits per heavy atom. The van der Waals surface area contributed by atoms with Gasteiger partial charge in [0.2, 0.25) is 0 Å². The molecule has 0 heterocycles. The summed E-state index contributed by atoms with van der Waals surface area (Å²) in [4.78, 5) is 0. The molecule has 0 spiro atoms. The van der Waals surface area contributed by atoms with E-state index in [1.165, 1.54) is 5.56 Å². The van der Waals surface area contributed by atoms with Crippen molar-refractivity contribution in [3.8, 4) is 5.75 Å². The van der Waals surface area contributed by atoms with Gasteiger partial charge in [-0.2, -0.15) is 0 Å². The lowest BCUT2D eigenvalue weighted by Crippen LogP contribution is -2.22. The monoisotopic (exact) mass is 257 g/mol. The highest BCUT2D eigenvalue weighted by molar-refractivity contribution is 8.93. The fraction of sp³-hybridized carbons (Fsp3) is 0.455. The van der Waals surface area contributed by atoms with E-state index in [9.17, 15) is 5.11 Å². The number of phenols is 1. The number of benzene rings is 1. The quantitative estimate of drug-likeness (QED) is 0.809. The predicted molar refractivity (Wildman–Crippen MR) is 63.0 cm³/mol. The van der Waals surface area contributed by atoms with Crippen molar-refractivity contribution < 1.29 is 5.11 Å². The molecular weight excluding hydrogens is 242 g/mol. The van der Waals surface area contributed by atoms with Crippen molar-refractivity contribution in [3.05, 3.63) is 29.3 Å². The maximum Gasteiger partial charge on any atom is 0.119 e. The minimum atomic E-state index is 0. The topological polar surface area (TPSA) is 46.2 Å². The van der Waals surface area contributed by atoms with E-state index in [4.69, 9.17) is 5.73 Å². The Hall–Kier alpha value is -0.540. The number of hydrogen-bond donors (Lipinski definition) is 2. The van der Waals surface area contributed by atoms with Crippen molar-refractivity contribution in [2.45, 2.75) is 19.3 Å². The molecule has 1 aromatic rings. The fourth-order valence-electron chi connectivity index (χ4n) is 2.04. The van der Waals surface area contributed by atoms with Gasteiger partial charge in [0, 0.05) is 0 Å². The summed E-state index contributed by atoms with van der Waals surface area (Å²) < 4.78 is 0. The third-order valence-electron chi connectivity index (χ3n) is 2.90. The van der Waals surface area contributed by atoms with Gasteiger partial charge in [-0.1, -0.05) is 12.1 Å². The number of aryl methyl sites for hydroxylation is 1. The van der Waals surface area contributed by atoms with Crippen LogP contribution < -0.4 is 5.73 Å². The second-order valence-electron chi connectivity index (χ2n) is 3.76. The third-order valence-corrected chi connectivity index (χ3v) is 2.90. The number of halogens is 1. The summed E-state index contributed by atoms with van der Waals surface area (Å²) in [7, 11) is 0. The van der Waals surface area contributed by atoms with E-state index in [2.05, 4.69) is 6.07 Å². The lowest BCUT2D eigenvalue weighted by atomic mass is 9.83. The maximum absolute atomic E-state index is 9.63. The molecule has 1 aromatic carbocycles. The lowest BCUT2D eigenvalue weighted by molar-refractivity contribution is 0.428. The minimum absolute atomic E-state index is 0. The van der Waals surface area contributed by atoms with E-state index in [1.807, 2.05) is 6.07 Å². The smallest absolute Gasteiger partial charge is 0.119 e. The maximum atomic E-state index is 9.63. The molecule has 3 heteroatoms. The Labute approximate surface area is 94.9 Å². The van der Waals surface area contributed by atoms with E-state index in [1.54, 1.807) is 6.07 Å². The fourth-order valence-corrected chi connectivity index (χ4v) is 2.04. The van der Waals surface area contributed by atoms with Crippen molar-refractivity contribution in [1.82, 2.24) is 0 Å². The van der Waals surface area contributed by atoms with E-state index < -0.39 is 0 Å². The van der Waals surface area contributed by atoms with Crippen LogP contribution in [0, 0.1) is 5.92 Å². The molecule has 0 saturated carbocycles. The second kappa shape index (κ2) is 4.80. The molecule has 0 aliphatic heterocycles. The Morgan fingerprint density at radius 2 is 2.21 bits per heavy atom. The molecule has 0 saturated heterocycles. The van der Waals surface area contributed by atoms with Crippen molar-refractivity contribution >= 4 is 17.0 Å². The largest absolute Gasteiger partial charge is 0.508 e. The van der Waals surface area contributed by atoms with Gasteiger partial charge >= 0.3 is 0 Å². The molecular formula is C11H16BrNO. The lowest BCUT2D eigenvalue weighted by Gasteiger charge is -2.23. The number of fused-ring (bicyclic) bond motifs is 1. The molecule has 78 valence electrons. The van der Waals surface area contributed by atoms with E-state index in [-0.39, 0.29) is 17.0 Å². The average molecular weight is 258 g/mol. The van der Waals surface area contributed by atoms with Crippen LogP contribution in [0.3, 0.4) is 0 Å². The molecule has 0 radical (unpaired) electrons. The van der Waals surface area contributed by atoms with Gasteiger partial charge in [-0.05, 0) is 48.9 Å². The summed E-state index contributed by atoms with van der Waals surface area (Å²) >= 11 is 0. The highest BCUT2D eigenvalue weighted by Crippen LogP contribution is 2.30. The SMILES string of the molecule is Br.NCC1CCc2cccc(O)c2C1. The molecule has 0 fully saturated rings. The number of rotatable bonds is 1. The van der Waals surface area contributed by atoms with Crippen molar-refractivity contribution in [2.75, 3.05) is 6.54 Å². The summed E-state index contributed by atoms with van der Waals surface area (Å²) in [5, 5.41) is 9.63. The van der Waals surface area contributed by atoms with Gasteiger partial charge in [0.05, 0.1) is 0 Å². The summed E-state index contributed by atoms with van der Waals surface area (Å²) in [6.07, 6.45) is 3.16. The van der Waals surface area contributed by atoms with Gasteiger partial charge in [-0.3, -0.25) is 0 Å². The van der Waals surface area contributed by atoms with Crippen molar-refractivity contribution in [2.24, 2.45) is 11.7 Å². The highest BCUT2D eigenvalue weighted by atomic mass is 79.9. The summed E-state index contributed by atoms with van der Waals surface area (Å²) in [5.74, 6) is 0.997. The minimum Gasteiger partial charge on any atom is -0.508 e. The summed E-state index contributed by atoms with van der Waals surface area (Å²) in [6, 6.07) is 5.77. The van der Waals surface area contributed by atoms with E-state index in [0.29, 0.717) is 11.7 Å². The van der Waals surface area contributed by atoms with Gasteiger partial charge < -0.3 is 10.8 Å². The van der Waals surface area contributed by atoms with E-state index in [0.717, 1.165) is 31.4 Å². The zero-order valence-electron chi connectivity index (χ0n) is 8.07. The molecule has 2 rings (SSSR count). The Balaban J connectivity index is 0.000000980. The van der Waals surface area contributed by atoms with Crippen LogP contribution in [0.25, 0.3) is 0 Å². The molecule has 1 aliphatic carbocycles. The molecule has 0 amide bonds. The Morgan fingerprint density at radius 3 is 2.93 bits per heavy atom. The van der Waals surface area contributed by atoms with Crippen LogP contribution >= 0.6 is 17.0 Å². The molecule has 1 aliphatic rings. The van der Waals surface area contributed by atoms with Crippen LogP contribution in [0.2, 0.25) is 0 Å². The summed E-state index contributed by atoms with van der Waals surface area (Å²) in [5.41, 5.74) is 8.04. The molecule has 14 heavy (non-hydrogen) atoms. The molecule has 1 unspecified atom stereocenters. The van der Waals surface area contributed by atoms with Gasteiger partial charge in [-0.25, -0.2) is 0 Å². The van der Waals surface area contributed by atoms with Crippen LogP contribution in [0.1, 0.15) is 17.5 Å². The van der Waals surface area contributed by atoms with Crippen molar-refractivity contribution in [1.29, 1.82) is 0 Å². The predicted octanol–water partition coefficient (Wildman–Crippen LogP) is 2.03. The number of aromatic hydroxyl groups is 1. The standard InChI is InChI=1S/C11H15NO.BrH/c12-7-8-4-5-9-2-1-3-11(13)10(9)6-8;/h1-3,8,13H,4-7,12H2;1H. The van der Waals surface area contributed by atoms with Crippen LogP contribution in [0.5, 0.6) is 5.75 Å². The summed E-state index contributed by atoms with van der Waals surface area (Å²) in [6.45, 7) is 0.730. The molecule has 2 nitrogen and oxygen atoms in total. The second-order valence-corrected chi connectivity index (χ2v) is 3.76. The molecule has 3 N–H and O–H groups in total. The number of hydrogen-bond acceptors (Lipinski definition) is 2. The van der Waals surface area contributed by atoms with Gasteiger partial charge in [0.25, 0.3) is 0 Å². The van der Waals surface area contributed by atoms with Gasteiger partial charge in [0.1, 0.15) is 5.75 Å². The zero-order chi connectivity index (χ0) is 9.26. The molecule has 0 bridgehead atoms. The Bertz CT molecular complexity index is 314. The third kappa shape index (κ3) is 2.10. The van der Waals surface area contributed by atoms with Gasteiger partial charge in [-0.15, -0.1) is 17.0 Å². The Kier molecular flexibility index (Phi) is 3.96. The first kappa shape index (κ1) is 11.5. The van der Waals surface area contributed by atoms with Crippen LogP contribution in [-0.4, -0.2) is 11.7 Å². The molecule has 0 aromatic heterocycles. The zero-order valence-corrected chi connectivity index (χ0v) is 9.78. The first-order chi connectivity index (χ1) is 6.31. The van der Waals surface area contributed by atoms with E-state index >= 15 is 0 Å². The highest BCUT2D eigenvalue weighted by Gasteiger charge is 2.19. The average Bonchev–Trinajstić information content (AvgIpc) is 2.18. The normalized spacial score (nSPS) is 19.6. The number of phenolic OH excluding ortho intramolecular Hbond substituents is 1. The van der Waals surface area contributed by atoms with Gasteiger partial charge in [0.15, 0.2) is 0 Å². The van der Waals surface area contributed by atoms with Crippen molar-refractivity contribution in [3.63, 3.8) is 0 Å². The first-order valence-corrected chi connectivity index (χ1v) is 4.81. The van der Waals surface area contributed by atoms with Crippen LogP contribution in [0.4, 0.5) is 0 Å². The van der Waals surface area contributed by atoms with Crippen LogP contribution in [0.15, 0.2) is 18.2 Å². The molecule has 1 atom stereocenters. The van der Waals surface area contributed by atoms with Crippen LogP contribution in [-0.2, 0) is 12.8 Å². The number of nitrogens with two attached hydrogens (primary N) is 1.